The molecule has 1 aliphatic heterocycles. The lowest BCUT2D eigenvalue weighted by Gasteiger charge is -2.33. The number of carbonyl (C=O) groups excluding carboxylic acids is 1. The maximum atomic E-state index is 13.1. The molecule has 2 N–H and O–H groups in total. The molecular formula is C33H50O7. The third kappa shape index (κ3) is 8.69. The summed E-state index contributed by atoms with van der Waals surface area (Å²) in [6.45, 7) is 3.10. The molecular weight excluding hydrogens is 508 g/mol. The minimum atomic E-state index is -0.984. The standard InChI is InChI=1S/C33H50O7/c1-2-3-4-5-6-7-8-11-26(34)13-14-27-28-19-24-10-9-12-30(39-22-32(35)36)29(24)20-25(28)21-31(27)40-33(37)23-15-17-38-18-16-23/h9-10,12,23,25-28,31,34H,2-8,11,13-22H2,1H3,(H,35,36)/t25-,26-,27+,28-,31+/m0/s1. The number of ether oxygens (including phenoxy) is 3. The molecule has 1 heterocycles. The predicted octanol–water partition coefficient (Wildman–Crippen LogP) is 6.12. The van der Waals surface area contributed by atoms with Gasteiger partial charge in [-0.15, -0.1) is 0 Å². The van der Waals surface area contributed by atoms with E-state index < -0.39 is 5.97 Å². The average molecular weight is 559 g/mol. The number of aliphatic hydroxyl groups excluding tert-OH is 1. The highest BCUT2D eigenvalue weighted by atomic mass is 16.5. The predicted molar refractivity (Wildman–Crippen MR) is 153 cm³/mol. The molecule has 0 unspecified atom stereocenters. The van der Waals surface area contributed by atoms with Crippen LogP contribution in [0.4, 0.5) is 0 Å². The van der Waals surface area contributed by atoms with Crippen molar-refractivity contribution in [3.63, 3.8) is 0 Å². The van der Waals surface area contributed by atoms with E-state index in [-0.39, 0.29) is 36.6 Å². The normalized spacial score (nSPS) is 25.1. The van der Waals surface area contributed by atoms with Crippen LogP contribution in [0.3, 0.4) is 0 Å². The molecule has 0 radical (unpaired) electrons. The summed E-state index contributed by atoms with van der Waals surface area (Å²) in [5, 5.41) is 19.9. The van der Waals surface area contributed by atoms with Gasteiger partial charge in [0.25, 0.3) is 0 Å². The van der Waals surface area contributed by atoms with Gasteiger partial charge in [0.1, 0.15) is 11.9 Å². The van der Waals surface area contributed by atoms with Crippen molar-refractivity contribution in [1.82, 2.24) is 0 Å². The molecule has 4 rings (SSSR count). The summed E-state index contributed by atoms with van der Waals surface area (Å²) < 4.78 is 17.3. The monoisotopic (exact) mass is 558 g/mol. The maximum absolute atomic E-state index is 13.1. The van der Waals surface area contributed by atoms with Crippen LogP contribution in [0.5, 0.6) is 5.75 Å². The van der Waals surface area contributed by atoms with Crippen LogP contribution in [0.25, 0.3) is 0 Å². The lowest BCUT2D eigenvalue weighted by atomic mass is 9.73. The van der Waals surface area contributed by atoms with Gasteiger partial charge in [-0.1, -0.05) is 64.0 Å². The molecule has 0 aromatic heterocycles. The van der Waals surface area contributed by atoms with Gasteiger partial charge in [-0.05, 0) is 86.3 Å². The van der Waals surface area contributed by atoms with Crippen LogP contribution in [-0.2, 0) is 31.9 Å². The number of aliphatic carboxylic acids is 1. The van der Waals surface area contributed by atoms with Gasteiger partial charge >= 0.3 is 11.9 Å². The summed E-state index contributed by atoms with van der Waals surface area (Å²) in [5.74, 6) is 0.427. The van der Waals surface area contributed by atoms with Gasteiger partial charge in [-0.2, -0.15) is 0 Å². The van der Waals surface area contributed by atoms with Gasteiger partial charge in [-0.25, -0.2) is 4.79 Å². The maximum Gasteiger partial charge on any atom is 0.341 e. The summed E-state index contributed by atoms with van der Waals surface area (Å²) in [7, 11) is 0. The van der Waals surface area contributed by atoms with Gasteiger partial charge in [0, 0.05) is 13.2 Å². The van der Waals surface area contributed by atoms with Crippen LogP contribution in [0.1, 0.15) is 102 Å². The van der Waals surface area contributed by atoms with Crippen molar-refractivity contribution in [3.8, 4) is 5.75 Å². The average Bonchev–Trinajstić information content (AvgIpc) is 3.29. The van der Waals surface area contributed by atoms with E-state index in [1.165, 1.54) is 44.1 Å². The number of hydrogen-bond acceptors (Lipinski definition) is 6. The number of rotatable bonds is 16. The molecule has 40 heavy (non-hydrogen) atoms. The largest absolute Gasteiger partial charge is 0.482 e. The Balaban J connectivity index is 1.38. The number of esters is 1. The van der Waals surface area contributed by atoms with Crippen molar-refractivity contribution in [2.24, 2.45) is 23.7 Å². The SMILES string of the molecule is CCCCCCCCC[C@H](O)CC[C@@H]1[C@H]2Cc3cccc(OCC(=O)O)c3C[C@H]2C[C@H]1OC(=O)C1CCOCC1. The second-order valence-electron chi connectivity index (χ2n) is 12.3. The topological polar surface area (TPSA) is 102 Å². The zero-order valence-electron chi connectivity index (χ0n) is 24.4. The molecule has 0 amide bonds. The van der Waals surface area contributed by atoms with E-state index in [4.69, 9.17) is 19.3 Å². The number of carboxylic acids is 1. The summed E-state index contributed by atoms with van der Waals surface area (Å²) in [6, 6.07) is 5.92. The first-order valence-corrected chi connectivity index (χ1v) is 15.9. The summed E-state index contributed by atoms with van der Waals surface area (Å²) in [4.78, 5) is 24.2. The fraction of sp³-hybridized carbons (Fsp3) is 0.758. The van der Waals surface area contributed by atoms with Crippen molar-refractivity contribution in [2.75, 3.05) is 19.8 Å². The molecule has 7 heteroatoms. The van der Waals surface area contributed by atoms with Crippen LogP contribution in [0.15, 0.2) is 18.2 Å². The van der Waals surface area contributed by atoms with Gasteiger partial charge < -0.3 is 24.4 Å². The van der Waals surface area contributed by atoms with Gasteiger partial charge in [0.2, 0.25) is 0 Å². The fourth-order valence-corrected chi connectivity index (χ4v) is 7.23. The molecule has 1 aromatic rings. The summed E-state index contributed by atoms with van der Waals surface area (Å²) in [6.07, 6.45) is 14.6. The molecule has 5 atom stereocenters. The Labute approximate surface area is 240 Å². The second-order valence-corrected chi connectivity index (χ2v) is 12.3. The number of aliphatic hydroxyl groups is 1. The van der Waals surface area contributed by atoms with Crippen LogP contribution < -0.4 is 4.74 Å². The Morgan fingerprint density at radius 1 is 1.02 bits per heavy atom. The summed E-state index contributed by atoms with van der Waals surface area (Å²) >= 11 is 0. The molecule has 3 aliphatic rings. The Kier molecular flexibility index (Phi) is 12.2. The number of unbranched alkanes of at least 4 members (excludes halogenated alkanes) is 6. The lowest BCUT2D eigenvalue weighted by Crippen LogP contribution is -2.32. The van der Waals surface area contributed by atoms with E-state index >= 15 is 0 Å². The molecule has 2 aliphatic carbocycles. The Hall–Kier alpha value is -2.12. The van der Waals surface area contributed by atoms with Crippen molar-refractivity contribution in [2.45, 2.75) is 115 Å². The number of hydrogen-bond donors (Lipinski definition) is 2. The molecule has 1 saturated carbocycles. The minimum Gasteiger partial charge on any atom is -0.482 e. The van der Waals surface area contributed by atoms with Gasteiger partial charge in [0.05, 0.1) is 12.0 Å². The van der Waals surface area contributed by atoms with Crippen LogP contribution in [0, 0.1) is 23.7 Å². The minimum absolute atomic E-state index is 0.0897. The van der Waals surface area contributed by atoms with Crippen LogP contribution in [-0.4, -0.2) is 54.2 Å². The van der Waals surface area contributed by atoms with E-state index in [0.29, 0.717) is 30.8 Å². The van der Waals surface area contributed by atoms with E-state index in [1.807, 2.05) is 12.1 Å². The molecule has 2 fully saturated rings. The zero-order valence-corrected chi connectivity index (χ0v) is 24.4. The quantitative estimate of drug-likeness (QED) is 0.186. The Bertz CT molecular complexity index is 941. The number of fused-ring (bicyclic) bond motifs is 2. The number of carbonyl (C=O) groups is 2. The molecule has 7 nitrogen and oxygen atoms in total. The highest BCUT2D eigenvalue weighted by Crippen LogP contribution is 2.49. The first-order chi connectivity index (χ1) is 19.5. The molecule has 224 valence electrons. The first-order valence-electron chi connectivity index (χ1n) is 15.9. The van der Waals surface area contributed by atoms with Crippen LogP contribution in [0.2, 0.25) is 0 Å². The smallest absolute Gasteiger partial charge is 0.341 e. The van der Waals surface area contributed by atoms with E-state index in [9.17, 15) is 14.7 Å². The lowest BCUT2D eigenvalue weighted by molar-refractivity contribution is -0.159. The van der Waals surface area contributed by atoms with Crippen molar-refractivity contribution < 1.29 is 34.0 Å². The third-order valence-corrected chi connectivity index (χ3v) is 9.47. The zero-order chi connectivity index (χ0) is 28.3. The molecule has 0 spiro atoms. The first kappa shape index (κ1) is 30.8. The third-order valence-electron chi connectivity index (χ3n) is 9.47. The van der Waals surface area contributed by atoms with Crippen molar-refractivity contribution in [1.29, 1.82) is 0 Å². The van der Waals surface area contributed by atoms with E-state index in [0.717, 1.165) is 63.4 Å². The molecule has 0 bridgehead atoms. The number of carboxylic acid groups (broad SMARTS) is 1. The van der Waals surface area contributed by atoms with E-state index in [1.54, 1.807) is 0 Å². The number of benzene rings is 1. The molecule has 1 aromatic carbocycles. The van der Waals surface area contributed by atoms with Gasteiger partial charge in [0.15, 0.2) is 6.61 Å². The second kappa shape index (κ2) is 15.8. The van der Waals surface area contributed by atoms with Crippen molar-refractivity contribution in [3.05, 3.63) is 29.3 Å². The van der Waals surface area contributed by atoms with E-state index in [2.05, 4.69) is 13.0 Å². The Morgan fingerprint density at radius 3 is 2.52 bits per heavy atom. The van der Waals surface area contributed by atoms with Crippen molar-refractivity contribution >= 4 is 11.9 Å². The highest BCUT2D eigenvalue weighted by Gasteiger charge is 2.47. The highest BCUT2D eigenvalue weighted by molar-refractivity contribution is 5.72. The Morgan fingerprint density at radius 2 is 1.77 bits per heavy atom. The van der Waals surface area contributed by atoms with Gasteiger partial charge in [-0.3, -0.25) is 4.79 Å². The fourth-order valence-electron chi connectivity index (χ4n) is 7.23. The van der Waals surface area contributed by atoms with Crippen LogP contribution >= 0.6 is 0 Å². The molecule has 1 saturated heterocycles. The summed E-state index contributed by atoms with van der Waals surface area (Å²) in [5.41, 5.74) is 2.30.